The van der Waals surface area contributed by atoms with Crippen molar-refractivity contribution in [3.8, 4) is 5.75 Å². The first kappa shape index (κ1) is 23.9. The molecule has 2 aromatic carbocycles. The minimum atomic E-state index is -0.866. The van der Waals surface area contributed by atoms with Crippen molar-refractivity contribution in [2.45, 2.75) is 26.0 Å². The number of nitrogens with one attached hydrogen (secondary N) is 2. The summed E-state index contributed by atoms with van der Waals surface area (Å²) >= 11 is 0. The summed E-state index contributed by atoms with van der Waals surface area (Å²) in [5, 5.41) is 5.67. The fourth-order valence-corrected chi connectivity index (χ4v) is 3.27. The van der Waals surface area contributed by atoms with Gasteiger partial charge >= 0.3 is 0 Å². The van der Waals surface area contributed by atoms with E-state index in [1.165, 1.54) is 7.11 Å². The molecule has 2 amide bonds. The quantitative estimate of drug-likeness (QED) is 0.472. The van der Waals surface area contributed by atoms with Crippen molar-refractivity contribution >= 4 is 11.8 Å². The number of ether oxygens (including phenoxy) is 2. The van der Waals surface area contributed by atoms with Crippen LogP contribution in [0, 0.1) is 6.92 Å². The average Bonchev–Trinajstić information content (AvgIpc) is 2.84. The van der Waals surface area contributed by atoms with Crippen LogP contribution in [0.15, 0.2) is 72.9 Å². The van der Waals surface area contributed by atoms with Crippen LogP contribution in [0.25, 0.3) is 0 Å². The van der Waals surface area contributed by atoms with Gasteiger partial charge in [0.2, 0.25) is 5.91 Å². The molecule has 1 heterocycles. The Labute approximate surface area is 194 Å². The Morgan fingerprint density at radius 1 is 1.03 bits per heavy atom. The van der Waals surface area contributed by atoms with Crippen LogP contribution in [0.3, 0.4) is 0 Å². The van der Waals surface area contributed by atoms with Gasteiger partial charge in [-0.15, -0.1) is 0 Å². The molecule has 172 valence electrons. The summed E-state index contributed by atoms with van der Waals surface area (Å²) in [6, 6.07) is 19.8. The highest BCUT2D eigenvalue weighted by Crippen LogP contribution is 2.19. The summed E-state index contributed by atoms with van der Waals surface area (Å²) in [6.07, 6.45) is 2.30. The molecule has 3 aromatic rings. The lowest BCUT2D eigenvalue weighted by atomic mass is 10.1. The smallest absolute Gasteiger partial charge is 0.255 e. The predicted octanol–water partition coefficient (Wildman–Crippen LogP) is 3.07. The van der Waals surface area contributed by atoms with Crippen molar-refractivity contribution in [2.75, 3.05) is 20.3 Å². The van der Waals surface area contributed by atoms with E-state index in [0.29, 0.717) is 30.9 Å². The molecule has 7 heteroatoms. The molecule has 2 N–H and O–H groups in total. The Balaban J connectivity index is 1.65. The summed E-state index contributed by atoms with van der Waals surface area (Å²) < 4.78 is 11.1. The van der Waals surface area contributed by atoms with Gasteiger partial charge in [0.05, 0.1) is 25.9 Å². The summed E-state index contributed by atoms with van der Waals surface area (Å²) in [5.41, 5.74) is 3.14. The monoisotopic (exact) mass is 447 g/mol. The number of amides is 2. The van der Waals surface area contributed by atoms with Crippen LogP contribution in [0.5, 0.6) is 5.75 Å². The molecule has 0 aliphatic carbocycles. The lowest BCUT2D eigenvalue weighted by Gasteiger charge is -2.19. The van der Waals surface area contributed by atoms with Gasteiger partial charge in [0.15, 0.2) is 0 Å². The van der Waals surface area contributed by atoms with Gasteiger partial charge in [0.25, 0.3) is 5.91 Å². The second kappa shape index (κ2) is 12.4. The largest absolute Gasteiger partial charge is 0.496 e. The number of methoxy groups -OCH3 is 1. The minimum Gasteiger partial charge on any atom is -0.496 e. The fraction of sp³-hybridized carbons (Fsp3) is 0.269. The van der Waals surface area contributed by atoms with Crippen molar-refractivity contribution in [1.29, 1.82) is 0 Å². The minimum absolute atomic E-state index is 0.0319. The Kier molecular flexibility index (Phi) is 8.97. The molecule has 7 nitrogen and oxygen atoms in total. The maximum atomic E-state index is 13.0. The number of pyridine rings is 1. The molecule has 0 aliphatic rings. The molecule has 0 aliphatic heterocycles. The number of rotatable bonds is 11. The van der Waals surface area contributed by atoms with Crippen molar-refractivity contribution in [2.24, 2.45) is 0 Å². The van der Waals surface area contributed by atoms with E-state index in [0.717, 1.165) is 16.8 Å². The van der Waals surface area contributed by atoms with Crippen LogP contribution < -0.4 is 15.4 Å². The third-order valence-corrected chi connectivity index (χ3v) is 5.02. The lowest BCUT2D eigenvalue weighted by molar-refractivity contribution is -0.124. The van der Waals surface area contributed by atoms with Crippen molar-refractivity contribution in [3.63, 3.8) is 0 Å². The van der Waals surface area contributed by atoms with E-state index in [1.54, 1.807) is 18.3 Å². The Bertz CT molecular complexity index is 1040. The third-order valence-electron chi connectivity index (χ3n) is 5.02. The van der Waals surface area contributed by atoms with E-state index in [9.17, 15) is 9.59 Å². The second-order valence-electron chi connectivity index (χ2n) is 7.59. The molecule has 0 saturated heterocycles. The maximum absolute atomic E-state index is 13.0. The molecule has 0 unspecified atom stereocenters. The van der Waals surface area contributed by atoms with Gasteiger partial charge < -0.3 is 20.1 Å². The summed E-state index contributed by atoms with van der Waals surface area (Å²) in [6.45, 7) is 2.65. The third kappa shape index (κ3) is 7.43. The van der Waals surface area contributed by atoms with Gasteiger partial charge in [-0.2, -0.15) is 0 Å². The number of nitrogens with zero attached hydrogens (tertiary/aromatic N) is 1. The zero-order chi connectivity index (χ0) is 23.5. The number of carbonyl (C=O) groups is 2. The van der Waals surface area contributed by atoms with Crippen LogP contribution >= 0.6 is 0 Å². The van der Waals surface area contributed by atoms with Gasteiger partial charge in [-0.05, 0) is 36.8 Å². The van der Waals surface area contributed by atoms with E-state index < -0.39 is 11.9 Å². The topological polar surface area (TPSA) is 89.5 Å². The molecule has 0 saturated carbocycles. The summed E-state index contributed by atoms with van der Waals surface area (Å²) in [7, 11) is 1.51. The zero-order valence-corrected chi connectivity index (χ0v) is 18.9. The molecule has 0 fully saturated rings. The van der Waals surface area contributed by atoms with Crippen molar-refractivity contribution in [3.05, 3.63) is 95.3 Å². The standard InChI is InChI=1S/C26H29N3O4/c1-19-11-12-24(32-2)22(16-19)25(30)29-23(18-33-17-20-8-4-3-5-9-20)26(31)28-15-13-21-10-6-7-14-27-21/h3-12,14,16,23H,13,15,17-18H2,1-2H3,(H,28,31)(H,29,30)/t23-/m1/s1. The number of carbonyl (C=O) groups excluding carboxylic acids is 2. The Morgan fingerprint density at radius 2 is 1.82 bits per heavy atom. The normalized spacial score (nSPS) is 11.5. The van der Waals surface area contributed by atoms with Gasteiger partial charge in [0.1, 0.15) is 11.8 Å². The molecular weight excluding hydrogens is 418 g/mol. The van der Waals surface area contributed by atoms with Gasteiger partial charge in [-0.1, -0.05) is 48.0 Å². The average molecular weight is 448 g/mol. The van der Waals surface area contributed by atoms with E-state index >= 15 is 0 Å². The first-order valence-corrected chi connectivity index (χ1v) is 10.8. The van der Waals surface area contributed by atoms with Gasteiger partial charge in [-0.3, -0.25) is 14.6 Å². The number of hydrogen-bond donors (Lipinski definition) is 2. The van der Waals surface area contributed by atoms with E-state index in [-0.39, 0.29) is 12.5 Å². The second-order valence-corrected chi connectivity index (χ2v) is 7.59. The Morgan fingerprint density at radius 3 is 2.55 bits per heavy atom. The molecule has 1 atom stereocenters. The molecule has 33 heavy (non-hydrogen) atoms. The van der Waals surface area contributed by atoms with E-state index in [4.69, 9.17) is 9.47 Å². The highest BCUT2D eigenvalue weighted by molar-refractivity contribution is 5.99. The number of hydrogen-bond acceptors (Lipinski definition) is 5. The zero-order valence-electron chi connectivity index (χ0n) is 18.9. The molecule has 0 radical (unpaired) electrons. The predicted molar refractivity (Wildman–Crippen MR) is 126 cm³/mol. The van der Waals surface area contributed by atoms with Crippen molar-refractivity contribution < 1.29 is 19.1 Å². The lowest BCUT2D eigenvalue weighted by Crippen LogP contribution is -2.49. The summed E-state index contributed by atoms with van der Waals surface area (Å²) in [5.74, 6) is -0.277. The van der Waals surface area contributed by atoms with Crippen LogP contribution in [0.1, 0.15) is 27.2 Å². The first-order chi connectivity index (χ1) is 16.1. The summed E-state index contributed by atoms with van der Waals surface area (Å²) in [4.78, 5) is 30.1. The molecule has 0 bridgehead atoms. The van der Waals surface area contributed by atoms with Crippen LogP contribution in [-0.2, 0) is 22.6 Å². The van der Waals surface area contributed by atoms with Crippen LogP contribution in [0.2, 0.25) is 0 Å². The molecule has 1 aromatic heterocycles. The molecular formula is C26H29N3O4. The fourth-order valence-electron chi connectivity index (χ4n) is 3.27. The van der Waals surface area contributed by atoms with Crippen LogP contribution in [-0.4, -0.2) is 43.1 Å². The van der Waals surface area contributed by atoms with Crippen molar-refractivity contribution in [1.82, 2.24) is 15.6 Å². The maximum Gasteiger partial charge on any atom is 0.255 e. The van der Waals surface area contributed by atoms with E-state index in [1.807, 2.05) is 61.5 Å². The van der Waals surface area contributed by atoms with Gasteiger partial charge in [-0.25, -0.2) is 0 Å². The molecule has 0 spiro atoms. The Hall–Kier alpha value is -3.71. The first-order valence-electron chi connectivity index (χ1n) is 10.8. The van der Waals surface area contributed by atoms with Crippen LogP contribution in [0.4, 0.5) is 0 Å². The number of aryl methyl sites for hydroxylation is 1. The SMILES string of the molecule is COc1ccc(C)cc1C(=O)N[C@H](COCc1ccccc1)C(=O)NCCc1ccccn1. The van der Waals surface area contributed by atoms with E-state index in [2.05, 4.69) is 15.6 Å². The highest BCUT2D eigenvalue weighted by Gasteiger charge is 2.23. The molecule has 3 rings (SSSR count). The highest BCUT2D eigenvalue weighted by atomic mass is 16.5. The number of benzene rings is 2. The van der Waals surface area contributed by atoms with Gasteiger partial charge in [0, 0.05) is 24.9 Å². The number of aromatic nitrogens is 1.